The van der Waals surface area contributed by atoms with Crippen LogP contribution in [0.2, 0.25) is 0 Å². The number of fused-ring (bicyclic) bond motifs is 1. The Kier molecular flexibility index (Phi) is 11.9. The number of para-hydroxylation sites is 1. The molecule has 2 aromatic rings. The van der Waals surface area contributed by atoms with E-state index in [1.54, 1.807) is 17.0 Å². The number of halogens is 2. The number of nitrogens with two attached hydrogens (primary N) is 1. The number of benzene rings is 2. The molecule has 264 valence electrons. The van der Waals surface area contributed by atoms with E-state index in [0.717, 1.165) is 69.9 Å². The van der Waals surface area contributed by atoms with E-state index in [1.165, 1.54) is 0 Å². The highest BCUT2D eigenvalue weighted by Crippen LogP contribution is 2.31. The standard InChI is InChI=1S/C35H45Br2N7O5/c36-27-19-24(20-28(37)33(27)38)31(45)21-30(39-32(46)22-41-10-6-25(7-11-41)42-15-17-49-18-16-42)34(47)43-12-8-26(9-13-43)44-14-5-23-3-1-2-4-29(23)40-35(44)48/h1-4,19-20,25-26,30H,5-18,21-22,38H2,(H,39,46)(H,40,48). The van der Waals surface area contributed by atoms with Crippen molar-refractivity contribution in [2.45, 2.75) is 56.7 Å². The number of hydrogen-bond donors (Lipinski definition) is 3. The first kappa shape index (κ1) is 35.8. The Labute approximate surface area is 304 Å². The van der Waals surface area contributed by atoms with Crippen molar-refractivity contribution < 1.29 is 23.9 Å². The van der Waals surface area contributed by atoms with Crippen LogP contribution < -0.4 is 16.4 Å². The molecule has 49 heavy (non-hydrogen) atoms. The summed E-state index contributed by atoms with van der Waals surface area (Å²) >= 11 is 6.81. The fraction of sp³-hybridized carbons (Fsp3) is 0.543. The van der Waals surface area contributed by atoms with E-state index >= 15 is 0 Å². The second-order valence-corrected chi connectivity index (χ2v) is 15.1. The van der Waals surface area contributed by atoms with Crippen molar-refractivity contribution in [3.8, 4) is 0 Å². The van der Waals surface area contributed by atoms with Crippen molar-refractivity contribution in [2.24, 2.45) is 0 Å². The van der Waals surface area contributed by atoms with Crippen LogP contribution in [-0.2, 0) is 20.7 Å². The van der Waals surface area contributed by atoms with E-state index in [2.05, 4.69) is 52.3 Å². The first-order chi connectivity index (χ1) is 23.7. The Bertz CT molecular complexity index is 1510. The summed E-state index contributed by atoms with van der Waals surface area (Å²) in [6, 6.07) is 10.5. The molecule has 0 bridgehead atoms. The predicted octanol–water partition coefficient (Wildman–Crippen LogP) is 3.73. The van der Waals surface area contributed by atoms with Crippen LogP contribution in [0.3, 0.4) is 0 Å². The van der Waals surface area contributed by atoms with Gasteiger partial charge in [-0.15, -0.1) is 0 Å². The number of hydrogen-bond acceptors (Lipinski definition) is 8. The molecule has 0 aliphatic carbocycles. The van der Waals surface area contributed by atoms with Crippen molar-refractivity contribution in [1.29, 1.82) is 0 Å². The fourth-order valence-corrected chi connectivity index (χ4v) is 8.62. The molecule has 3 fully saturated rings. The van der Waals surface area contributed by atoms with Crippen LogP contribution in [-0.4, -0.2) is 127 Å². The Morgan fingerprint density at radius 2 is 1.57 bits per heavy atom. The van der Waals surface area contributed by atoms with Gasteiger partial charge in [-0.25, -0.2) is 4.79 Å². The van der Waals surface area contributed by atoms with Crippen molar-refractivity contribution in [1.82, 2.24) is 24.9 Å². The average Bonchev–Trinajstić information content (AvgIpc) is 3.28. The normalized spacial score (nSPS) is 20.7. The number of nitrogen functional groups attached to an aromatic ring is 1. The van der Waals surface area contributed by atoms with Gasteiger partial charge in [0.05, 0.1) is 25.4 Å². The Morgan fingerprint density at radius 3 is 2.27 bits per heavy atom. The van der Waals surface area contributed by atoms with Crippen LogP contribution in [0.5, 0.6) is 0 Å². The SMILES string of the molecule is Nc1c(Br)cc(C(=O)CC(NC(=O)CN2CCC(N3CCOCC3)CC2)C(=O)N2CCC(N3CCc4ccccc4NC3=O)CC2)cc1Br. The molecular formula is C35H45Br2N7O5. The summed E-state index contributed by atoms with van der Waals surface area (Å²) in [4.78, 5) is 62.4. The number of rotatable bonds is 9. The van der Waals surface area contributed by atoms with E-state index in [0.29, 0.717) is 58.7 Å². The Balaban J connectivity index is 1.08. The summed E-state index contributed by atoms with van der Waals surface area (Å²) in [6.07, 6.45) is 3.75. The van der Waals surface area contributed by atoms with Gasteiger partial charge in [-0.3, -0.25) is 24.2 Å². The second kappa shape index (κ2) is 16.3. The molecule has 4 N–H and O–H groups in total. The topological polar surface area (TPSA) is 141 Å². The summed E-state index contributed by atoms with van der Waals surface area (Å²) in [5.74, 6) is -0.833. The number of morpholine rings is 1. The lowest BCUT2D eigenvalue weighted by atomic mass is 9.99. The minimum atomic E-state index is -1.02. The lowest BCUT2D eigenvalue weighted by Crippen LogP contribution is -2.56. The molecule has 1 unspecified atom stereocenters. The maximum atomic E-state index is 14.0. The molecule has 4 aliphatic rings. The lowest BCUT2D eigenvalue weighted by Gasteiger charge is -2.40. The maximum Gasteiger partial charge on any atom is 0.322 e. The molecule has 0 spiro atoms. The zero-order valence-corrected chi connectivity index (χ0v) is 30.8. The monoisotopic (exact) mass is 801 g/mol. The summed E-state index contributed by atoms with van der Waals surface area (Å²) in [5.41, 5.74) is 8.85. The molecule has 0 aromatic heterocycles. The molecule has 14 heteroatoms. The molecule has 4 amide bonds. The Morgan fingerprint density at radius 1 is 0.918 bits per heavy atom. The highest BCUT2D eigenvalue weighted by molar-refractivity contribution is 9.11. The Hall–Kier alpha value is -3.04. The van der Waals surface area contributed by atoms with Gasteiger partial charge in [0, 0.05) is 84.5 Å². The number of carbonyl (C=O) groups excluding carboxylic acids is 4. The van der Waals surface area contributed by atoms with Crippen LogP contribution in [0.15, 0.2) is 45.3 Å². The van der Waals surface area contributed by atoms with Crippen LogP contribution in [0, 0.1) is 0 Å². The highest BCUT2D eigenvalue weighted by atomic mass is 79.9. The van der Waals surface area contributed by atoms with Gasteiger partial charge in [0.1, 0.15) is 6.04 Å². The summed E-state index contributed by atoms with van der Waals surface area (Å²) in [6.45, 7) is 6.63. The minimum absolute atomic E-state index is 0.0158. The molecule has 4 aliphatic heterocycles. The zero-order chi connectivity index (χ0) is 34.5. The summed E-state index contributed by atoms with van der Waals surface area (Å²) in [7, 11) is 0. The molecule has 3 saturated heterocycles. The summed E-state index contributed by atoms with van der Waals surface area (Å²) in [5, 5.41) is 5.98. The van der Waals surface area contributed by atoms with Gasteiger partial charge in [0.2, 0.25) is 11.8 Å². The number of piperidine rings is 2. The van der Waals surface area contributed by atoms with Gasteiger partial charge in [0.15, 0.2) is 5.78 Å². The number of nitrogens with zero attached hydrogens (tertiary/aromatic N) is 4. The molecular weight excluding hydrogens is 758 g/mol. The van der Waals surface area contributed by atoms with E-state index in [9.17, 15) is 19.2 Å². The van der Waals surface area contributed by atoms with Gasteiger partial charge in [-0.2, -0.15) is 0 Å². The number of amides is 4. The van der Waals surface area contributed by atoms with Crippen LogP contribution in [0.1, 0.15) is 48.0 Å². The first-order valence-electron chi connectivity index (χ1n) is 17.2. The third-order valence-corrected chi connectivity index (χ3v) is 11.6. The molecule has 4 heterocycles. The molecule has 12 nitrogen and oxygen atoms in total. The van der Waals surface area contributed by atoms with Gasteiger partial charge >= 0.3 is 6.03 Å². The number of urea groups is 1. The van der Waals surface area contributed by atoms with E-state index in [4.69, 9.17) is 10.5 Å². The van der Waals surface area contributed by atoms with Crippen molar-refractivity contribution in [3.05, 3.63) is 56.5 Å². The number of nitrogens with one attached hydrogen (secondary N) is 2. The number of Topliss-reactive ketones (excluding diaryl/α,β-unsaturated/α-hetero) is 1. The first-order valence-corrected chi connectivity index (χ1v) is 18.8. The number of ether oxygens (including phenoxy) is 1. The number of carbonyl (C=O) groups is 4. The quantitative estimate of drug-likeness (QED) is 0.258. The van der Waals surface area contributed by atoms with Gasteiger partial charge in [-0.05, 0) is 87.7 Å². The van der Waals surface area contributed by atoms with Crippen molar-refractivity contribution in [2.75, 3.05) is 76.6 Å². The predicted molar refractivity (Wildman–Crippen MR) is 194 cm³/mol. The molecule has 1 atom stereocenters. The molecule has 0 saturated carbocycles. The summed E-state index contributed by atoms with van der Waals surface area (Å²) < 4.78 is 6.64. The largest absolute Gasteiger partial charge is 0.397 e. The van der Waals surface area contributed by atoms with E-state index in [1.807, 2.05) is 29.2 Å². The van der Waals surface area contributed by atoms with Crippen LogP contribution >= 0.6 is 31.9 Å². The third-order valence-electron chi connectivity index (χ3n) is 10.3. The molecule has 6 rings (SSSR count). The fourth-order valence-electron chi connectivity index (χ4n) is 7.43. The average molecular weight is 804 g/mol. The van der Waals surface area contributed by atoms with E-state index in [-0.39, 0.29) is 42.6 Å². The third kappa shape index (κ3) is 8.83. The zero-order valence-electron chi connectivity index (χ0n) is 27.7. The van der Waals surface area contributed by atoms with Gasteiger partial charge < -0.3 is 30.9 Å². The van der Waals surface area contributed by atoms with Gasteiger partial charge in [0.25, 0.3) is 0 Å². The highest BCUT2D eigenvalue weighted by Gasteiger charge is 2.35. The van der Waals surface area contributed by atoms with E-state index < -0.39 is 6.04 Å². The smallest absolute Gasteiger partial charge is 0.322 e. The number of likely N-dealkylation sites (tertiary alicyclic amines) is 2. The number of anilines is 2. The van der Waals surface area contributed by atoms with Crippen LogP contribution in [0.25, 0.3) is 0 Å². The second-order valence-electron chi connectivity index (χ2n) is 13.3. The molecule has 0 radical (unpaired) electrons. The number of ketones is 1. The van der Waals surface area contributed by atoms with Crippen molar-refractivity contribution in [3.63, 3.8) is 0 Å². The maximum absolute atomic E-state index is 14.0. The van der Waals surface area contributed by atoms with Gasteiger partial charge in [-0.1, -0.05) is 18.2 Å². The minimum Gasteiger partial charge on any atom is -0.397 e. The molecule has 2 aromatic carbocycles. The van der Waals surface area contributed by atoms with Crippen LogP contribution in [0.4, 0.5) is 16.2 Å². The van der Waals surface area contributed by atoms with Crippen molar-refractivity contribution >= 4 is 66.9 Å². The lowest BCUT2D eigenvalue weighted by molar-refractivity contribution is -0.138.